The summed E-state index contributed by atoms with van der Waals surface area (Å²) in [6, 6.07) is 6.26. The number of anilines is 1. The molecule has 5 N–H and O–H groups in total. The summed E-state index contributed by atoms with van der Waals surface area (Å²) in [5, 5.41) is 28.9. The number of benzene rings is 1. The van der Waals surface area contributed by atoms with Crippen LogP contribution in [0.5, 0.6) is 5.75 Å². The number of hydrogen-bond donors (Lipinski definition) is 5. The van der Waals surface area contributed by atoms with Crippen molar-refractivity contribution >= 4 is 23.7 Å². The average Bonchev–Trinajstić information content (AvgIpc) is 3.25. The lowest BCUT2D eigenvalue weighted by atomic mass is 10.3. The first-order chi connectivity index (χ1) is 12.4. The topological polar surface area (TPSA) is 162 Å². The van der Waals surface area contributed by atoms with Crippen LogP contribution in [0.1, 0.15) is 10.5 Å². The molecule has 0 radical (unpaired) electrons. The molecule has 0 aliphatic heterocycles. The molecule has 0 aliphatic rings. The highest BCUT2D eigenvalue weighted by atomic mass is 16.4. The maximum Gasteiger partial charge on any atom is 0.416 e. The molecule has 132 valence electrons. The summed E-state index contributed by atoms with van der Waals surface area (Å²) in [5.74, 6) is -0.694. The van der Waals surface area contributed by atoms with Crippen molar-refractivity contribution in [3.05, 3.63) is 48.5 Å². The molecule has 11 nitrogen and oxygen atoms in total. The van der Waals surface area contributed by atoms with Gasteiger partial charge in [0, 0.05) is 11.9 Å². The third-order valence-corrected chi connectivity index (χ3v) is 3.24. The molecule has 0 aliphatic carbocycles. The summed E-state index contributed by atoms with van der Waals surface area (Å²) in [7, 11) is 0. The highest BCUT2D eigenvalue weighted by Gasteiger charge is 2.16. The monoisotopic (exact) mass is 356 g/mol. The smallest absolute Gasteiger partial charge is 0.416 e. The van der Waals surface area contributed by atoms with Crippen molar-refractivity contribution in [3.8, 4) is 17.1 Å². The van der Waals surface area contributed by atoms with Crippen molar-refractivity contribution in [2.75, 3.05) is 5.32 Å². The number of carbonyl (C=O) groups excluding carboxylic acids is 2. The van der Waals surface area contributed by atoms with Gasteiger partial charge < -0.3 is 15.5 Å². The second-order valence-electron chi connectivity index (χ2n) is 5.07. The van der Waals surface area contributed by atoms with Crippen molar-refractivity contribution in [3.63, 3.8) is 0 Å². The van der Waals surface area contributed by atoms with Crippen LogP contribution < -0.4 is 10.6 Å². The molecule has 0 bridgehead atoms. The Morgan fingerprint density at radius 2 is 1.85 bits per heavy atom. The van der Waals surface area contributed by atoms with Gasteiger partial charge >= 0.3 is 12.1 Å². The minimum absolute atomic E-state index is 0.00858. The second-order valence-corrected chi connectivity index (χ2v) is 5.07. The average molecular weight is 356 g/mol. The molecule has 0 saturated heterocycles. The largest absolute Gasteiger partial charge is 0.508 e. The van der Waals surface area contributed by atoms with Gasteiger partial charge in [-0.3, -0.25) is 15.2 Å². The van der Waals surface area contributed by atoms with E-state index in [4.69, 9.17) is 5.11 Å². The first-order valence-corrected chi connectivity index (χ1v) is 7.17. The van der Waals surface area contributed by atoms with Crippen LogP contribution in [0.4, 0.5) is 15.3 Å². The number of aromatic amines is 1. The zero-order valence-electron chi connectivity index (χ0n) is 13.0. The first kappa shape index (κ1) is 16.7. The van der Waals surface area contributed by atoms with Crippen LogP contribution in [-0.2, 0) is 0 Å². The lowest BCUT2D eigenvalue weighted by molar-refractivity contribution is 0.0962. The number of imide groups is 1. The number of phenols is 1. The Balaban J connectivity index is 1.64. The van der Waals surface area contributed by atoms with E-state index in [1.54, 1.807) is 0 Å². The third kappa shape index (κ3) is 3.67. The summed E-state index contributed by atoms with van der Waals surface area (Å²) in [4.78, 5) is 38.6. The van der Waals surface area contributed by atoms with Crippen LogP contribution in [0.2, 0.25) is 0 Å². The standard InChI is InChI=1S/C15H12N6O5/c22-9-3-1-8(2-4-9)17-14(24)18-13(23)11-5-10(19-20-11)12-6-21(7-16-12)15(25)26/h1-7,22H,(H,19,20)(H,25,26)(H2,17,18,23,24). The molecule has 0 fully saturated rings. The number of H-pyrrole nitrogens is 1. The Morgan fingerprint density at radius 3 is 2.50 bits per heavy atom. The lowest BCUT2D eigenvalue weighted by Gasteiger charge is -2.05. The Labute approximate surface area is 145 Å². The van der Waals surface area contributed by atoms with Gasteiger partial charge in [0.05, 0.1) is 0 Å². The SMILES string of the molecule is O=C(NC(=O)c1cc(-c2cn(C(=O)O)cn2)n[nH]1)Nc1ccc(O)cc1. The maximum absolute atomic E-state index is 12.1. The Hall–Kier alpha value is -4.15. The van der Waals surface area contributed by atoms with E-state index in [2.05, 4.69) is 25.8 Å². The molecule has 26 heavy (non-hydrogen) atoms. The number of nitrogens with zero attached hydrogens (tertiary/aromatic N) is 3. The highest BCUT2D eigenvalue weighted by molar-refractivity contribution is 6.07. The predicted octanol–water partition coefficient (Wildman–Crippen LogP) is 1.47. The third-order valence-electron chi connectivity index (χ3n) is 3.24. The Kier molecular flexibility index (Phi) is 4.34. The summed E-state index contributed by atoms with van der Waals surface area (Å²) in [6.07, 6.45) is 1.12. The molecule has 3 amide bonds. The summed E-state index contributed by atoms with van der Waals surface area (Å²) in [5.41, 5.74) is 0.869. The number of hydrogen-bond acceptors (Lipinski definition) is 6. The van der Waals surface area contributed by atoms with Gasteiger partial charge in [0.1, 0.15) is 29.2 Å². The van der Waals surface area contributed by atoms with Crippen molar-refractivity contribution in [1.29, 1.82) is 0 Å². The van der Waals surface area contributed by atoms with E-state index in [0.29, 0.717) is 5.69 Å². The number of imidazole rings is 1. The summed E-state index contributed by atoms with van der Waals surface area (Å²) in [6.45, 7) is 0. The number of urea groups is 1. The van der Waals surface area contributed by atoms with Crippen LogP contribution in [0.3, 0.4) is 0 Å². The van der Waals surface area contributed by atoms with E-state index in [9.17, 15) is 19.5 Å². The number of amides is 3. The normalized spacial score (nSPS) is 10.3. The molecule has 0 spiro atoms. The van der Waals surface area contributed by atoms with Gasteiger partial charge in [-0.05, 0) is 30.3 Å². The lowest BCUT2D eigenvalue weighted by Crippen LogP contribution is -2.34. The Morgan fingerprint density at radius 1 is 1.12 bits per heavy atom. The first-order valence-electron chi connectivity index (χ1n) is 7.17. The van der Waals surface area contributed by atoms with Crippen LogP contribution in [0, 0.1) is 0 Å². The number of nitrogens with one attached hydrogen (secondary N) is 3. The van der Waals surface area contributed by atoms with E-state index >= 15 is 0 Å². The fourth-order valence-corrected chi connectivity index (χ4v) is 2.01. The molecule has 0 atom stereocenters. The van der Waals surface area contributed by atoms with E-state index in [0.717, 1.165) is 10.9 Å². The quantitative estimate of drug-likeness (QED) is 0.444. The van der Waals surface area contributed by atoms with Gasteiger partial charge in [-0.15, -0.1) is 0 Å². The van der Waals surface area contributed by atoms with Crippen LogP contribution in [-0.4, -0.2) is 48.0 Å². The number of rotatable bonds is 3. The van der Waals surface area contributed by atoms with E-state index < -0.39 is 18.0 Å². The van der Waals surface area contributed by atoms with Crippen LogP contribution in [0.25, 0.3) is 11.4 Å². The minimum Gasteiger partial charge on any atom is -0.508 e. The minimum atomic E-state index is -1.21. The molecule has 2 aromatic heterocycles. The van der Waals surface area contributed by atoms with Crippen molar-refractivity contribution in [2.45, 2.75) is 0 Å². The van der Waals surface area contributed by atoms with Gasteiger partial charge in [0.25, 0.3) is 5.91 Å². The summed E-state index contributed by atoms with van der Waals surface area (Å²) < 4.78 is 0.842. The highest BCUT2D eigenvalue weighted by Crippen LogP contribution is 2.16. The van der Waals surface area contributed by atoms with E-state index in [1.807, 2.05) is 0 Å². The number of phenolic OH excluding ortho intramolecular Hbond substituents is 1. The number of aromatic nitrogens is 4. The van der Waals surface area contributed by atoms with Crippen molar-refractivity contribution in [1.82, 2.24) is 25.1 Å². The maximum atomic E-state index is 12.1. The van der Waals surface area contributed by atoms with Crippen molar-refractivity contribution < 1.29 is 24.6 Å². The van der Waals surface area contributed by atoms with E-state index in [1.165, 1.54) is 36.5 Å². The fourth-order valence-electron chi connectivity index (χ4n) is 2.01. The zero-order chi connectivity index (χ0) is 18.7. The molecule has 0 saturated carbocycles. The number of aromatic hydroxyl groups is 1. The van der Waals surface area contributed by atoms with Crippen molar-refractivity contribution in [2.24, 2.45) is 0 Å². The molecule has 11 heteroatoms. The van der Waals surface area contributed by atoms with E-state index in [-0.39, 0.29) is 22.8 Å². The molecular weight excluding hydrogens is 344 g/mol. The molecule has 3 aromatic rings. The number of carbonyl (C=O) groups is 3. The van der Waals surface area contributed by atoms with Gasteiger partial charge in [-0.1, -0.05) is 0 Å². The molecule has 2 heterocycles. The van der Waals surface area contributed by atoms with Gasteiger partial charge in [-0.2, -0.15) is 5.10 Å². The number of carboxylic acid groups (broad SMARTS) is 1. The Bertz CT molecular complexity index is 975. The fraction of sp³-hybridized carbons (Fsp3) is 0. The van der Waals surface area contributed by atoms with Gasteiger partial charge in [-0.25, -0.2) is 19.1 Å². The molecule has 3 rings (SSSR count). The summed E-state index contributed by atoms with van der Waals surface area (Å²) >= 11 is 0. The van der Waals surface area contributed by atoms with Gasteiger partial charge in [0.2, 0.25) is 0 Å². The van der Waals surface area contributed by atoms with Crippen LogP contribution >= 0.6 is 0 Å². The second kappa shape index (κ2) is 6.76. The van der Waals surface area contributed by atoms with Gasteiger partial charge in [0.15, 0.2) is 0 Å². The molecule has 0 unspecified atom stereocenters. The molecular formula is C15H12N6O5. The van der Waals surface area contributed by atoms with Crippen LogP contribution in [0.15, 0.2) is 42.9 Å². The zero-order valence-corrected chi connectivity index (χ0v) is 13.0. The predicted molar refractivity (Wildman–Crippen MR) is 87.8 cm³/mol. The molecule has 1 aromatic carbocycles.